The summed E-state index contributed by atoms with van der Waals surface area (Å²) >= 11 is 0. The molecule has 88 valence electrons. The van der Waals surface area contributed by atoms with Crippen LogP contribution in [0.1, 0.15) is 12.5 Å². The predicted molar refractivity (Wildman–Crippen MR) is 61.7 cm³/mol. The monoisotopic (exact) mass is 224 g/mol. The Bertz CT molecular complexity index is 381. The summed E-state index contributed by atoms with van der Waals surface area (Å²) in [5, 5.41) is 0.942. The van der Waals surface area contributed by atoms with Crippen LogP contribution in [0.5, 0.6) is 5.75 Å². The maximum Gasteiger partial charge on any atom is 0.350 e. The van der Waals surface area contributed by atoms with Crippen LogP contribution in [0, 0.1) is 6.92 Å². The van der Waals surface area contributed by atoms with E-state index < -0.39 is 6.03 Å². The summed E-state index contributed by atoms with van der Waals surface area (Å²) in [7, 11) is 0. The number of rotatable bonds is 3. The fourth-order valence-electron chi connectivity index (χ4n) is 1.35. The molecule has 0 fully saturated rings. The Morgan fingerprint density at radius 1 is 1.56 bits per heavy atom. The molecule has 0 atom stereocenters. The molecule has 6 nitrogen and oxygen atoms in total. The van der Waals surface area contributed by atoms with E-state index in [9.17, 15) is 4.79 Å². The van der Waals surface area contributed by atoms with Gasteiger partial charge in [-0.2, -0.15) is 0 Å². The summed E-state index contributed by atoms with van der Waals surface area (Å²) in [5.74, 6) is 11.3. The Morgan fingerprint density at radius 3 is 2.81 bits per heavy atom. The molecule has 1 rings (SSSR count). The van der Waals surface area contributed by atoms with Crippen LogP contribution in [0.15, 0.2) is 18.2 Å². The first kappa shape index (κ1) is 12.3. The van der Waals surface area contributed by atoms with E-state index in [-0.39, 0.29) is 0 Å². The molecule has 0 saturated heterocycles. The first-order chi connectivity index (χ1) is 7.61. The van der Waals surface area contributed by atoms with Crippen molar-refractivity contribution in [1.82, 2.24) is 5.43 Å². The van der Waals surface area contributed by atoms with Crippen LogP contribution in [-0.4, -0.2) is 12.6 Å². The van der Waals surface area contributed by atoms with Crippen LogP contribution < -0.4 is 26.9 Å². The summed E-state index contributed by atoms with van der Waals surface area (Å²) in [6.07, 6.45) is 0. The highest BCUT2D eigenvalue weighted by atomic mass is 16.5. The van der Waals surface area contributed by atoms with Crippen molar-refractivity contribution in [2.75, 3.05) is 11.6 Å². The summed E-state index contributed by atoms with van der Waals surface area (Å²) < 4.78 is 5.40. The Morgan fingerprint density at radius 2 is 2.25 bits per heavy atom. The number of carbonyl (C=O) groups is 1. The number of nitrogens with two attached hydrogens (primary N) is 2. The first-order valence-corrected chi connectivity index (χ1v) is 4.89. The van der Waals surface area contributed by atoms with Gasteiger partial charge in [0.15, 0.2) is 0 Å². The minimum Gasteiger partial charge on any atom is -0.494 e. The number of hydrogen-bond donors (Lipinski definition) is 3. The fourth-order valence-corrected chi connectivity index (χ4v) is 1.35. The Hall–Kier alpha value is -1.79. The first-order valence-electron chi connectivity index (χ1n) is 4.89. The lowest BCUT2D eigenvalue weighted by Gasteiger charge is -2.19. The highest BCUT2D eigenvalue weighted by Gasteiger charge is 2.14. The third-order valence-corrected chi connectivity index (χ3v) is 2.16. The molecular formula is C10H16N4O2. The maximum absolute atomic E-state index is 11.3. The molecule has 0 aliphatic heterocycles. The van der Waals surface area contributed by atoms with Gasteiger partial charge in [-0.3, -0.25) is 5.43 Å². The van der Waals surface area contributed by atoms with E-state index in [0.29, 0.717) is 18.0 Å². The van der Waals surface area contributed by atoms with Gasteiger partial charge in [0.2, 0.25) is 0 Å². The number of ether oxygens (including phenoxy) is 1. The molecular weight excluding hydrogens is 208 g/mol. The molecule has 2 amide bonds. The zero-order valence-corrected chi connectivity index (χ0v) is 9.36. The third kappa shape index (κ3) is 2.41. The lowest BCUT2D eigenvalue weighted by atomic mass is 10.2. The highest BCUT2D eigenvalue weighted by Crippen LogP contribution is 2.27. The standard InChI is InChI=1S/C10H16N4O2/c1-3-16-9-6-4-5-8(7(9)2)14(12)10(15)13-11/h4-6H,3,11-12H2,1-2H3,(H,13,15). The molecule has 0 aliphatic rings. The quantitative estimate of drug-likeness (QED) is 0.399. The summed E-state index contributed by atoms with van der Waals surface area (Å²) in [5.41, 5.74) is 3.30. The molecule has 0 saturated carbocycles. The van der Waals surface area contributed by atoms with Crippen LogP contribution >= 0.6 is 0 Å². The minimum absolute atomic E-state index is 0.550. The van der Waals surface area contributed by atoms with Crippen molar-refractivity contribution in [2.45, 2.75) is 13.8 Å². The topological polar surface area (TPSA) is 93.6 Å². The van der Waals surface area contributed by atoms with Crippen molar-refractivity contribution in [1.29, 1.82) is 0 Å². The van der Waals surface area contributed by atoms with E-state index in [0.717, 1.165) is 10.6 Å². The molecule has 1 aromatic carbocycles. The van der Waals surface area contributed by atoms with Crippen molar-refractivity contribution in [3.05, 3.63) is 23.8 Å². The average molecular weight is 224 g/mol. The lowest BCUT2D eigenvalue weighted by Crippen LogP contribution is -2.47. The van der Waals surface area contributed by atoms with E-state index in [1.807, 2.05) is 25.3 Å². The SMILES string of the molecule is CCOc1cccc(N(N)C(=O)NN)c1C. The molecule has 6 heteroatoms. The summed E-state index contributed by atoms with van der Waals surface area (Å²) in [6, 6.07) is 4.71. The van der Waals surface area contributed by atoms with Crippen molar-refractivity contribution in [2.24, 2.45) is 11.7 Å². The summed E-state index contributed by atoms with van der Waals surface area (Å²) in [4.78, 5) is 11.3. The Kier molecular flexibility index (Phi) is 4.10. The van der Waals surface area contributed by atoms with Crippen LogP contribution in [0.25, 0.3) is 0 Å². The average Bonchev–Trinajstić information content (AvgIpc) is 2.30. The Labute approximate surface area is 94.1 Å². The predicted octanol–water partition coefficient (Wildman–Crippen LogP) is 0.657. The lowest BCUT2D eigenvalue weighted by molar-refractivity contribution is 0.246. The van der Waals surface area contributed by atoms with Crippen molar-refractivity contribution < 1.29 is 9.53 Å². The molecule has 0 radical (unpaired) electrons. The molecule has 1 aromatic rings. The van der Waals surface area contributed by atoms with Gasteiger partial charge in [0.05, 0.1) is 12.3 Å². The normalized spacial score (nSPS) is 9.75. The van der Waals surface area contributed by atoms with Gasteiger partial charge in [-0.1, -0.05) is 6.07 Å². The number of nitrogens with zero attached hydrogens (tertiary/aromatic N) is 1. The van der Waals surface area contributed by atoms with Gasteiger partial charge in [0, 0.05) is 5.56 Å². The maximum atomic E-state index is 11.3. The second-order valence-corrected chi connectivity index (χ2v) is 3.15. The Balaban J connectivity index is 3.05. The number of hydrogen-bond acceptors (Lipinski definition) is 4. The number of anilines is 1. The van der Waals surface area contributed by atoms with Gasteiger partial charge in [-0.15, -0.1) is 0 Å². The number of amides is 2. The molecule has 0 aliphatic carbocycles. The van der Waals surface area contributed by atoms with Crippen LogP contribution in [0.4, 0.5) is 10.5 Å². The van der Waals surface area contributed by atoms with E-state index in [2.05, 4.69) is 0 Å². The number of urea groups is 1. The molecule has 0 heterocycles. The number of nitrogens with one attached hydrogen (secondary N) is 1. The van der Waals surface area contributed by atoms with Crippen molar-refractivity contribution in [3.63, 3.8) is 0 Å². The highest BCUT2D eigenvalue weighted by molar-refractivity contribution is 5.91. The minimum atomic E-state index is -0.586. The molecule has 0 spiro atoms. The van der Waals surface area contributed by atoms with Crippen molar-refractivity contribution in [3.8, 4) is 5.75 Å². The second kappa shape index (κ2) is 5.34. The third-order valence-electron chi connectivity index (χ3n) is 2.16. The van der Waals surface area contributed by atoms with Gasteiger partial charge in [0.1, 0.15) is 5.75 Å². The smallest absolute Gasteiger partial charge is 0.350 e. The van der Waals surface area contributed by atoms with Gasteiger partial charge >= 0.3 is 6.03 Å². The van der Waals surface area contributed by atoms with Gasteiger partial charge in [0.25, 0.3) is 0 Å². The largest absolute Gasteiger partial charge is 0.494 e. The molecule has 0 bridgehead atoms. The second-order valence-electron chi connectivity index (χ2n) is 3.15. The van der Waals surface area contributed by atoms with Crippen molar-refractivity contribution >= 4 is 11.7 Å². The summed E-state index contributed by atoms with van der Waals surface area (Å²) in [6.45, 7) is 4.26. The fraction of sp³-hybridized carbons (Fsp3) is 0.300. The number of benzene rings is 1. The zero-order valence-electron chi connectivity index (χ0n) is 9.36. The number of hydrazine groups is 2. The van der Waals surface area contributed by atoms with Gasteiger partial charge < -0.3 is 4.74 Å². The van der Waals surface area contributed by atoms with Gasteiger partial charge in [-0.25, -0.2) is 21.5 Å². The molecule has 5 N–H and O–H groups in total. The number of carbonyl (C=O) groups excluding carboxylic acids is 1. The van der Waals surface area contributed by atoms with Crippen LogP contribution in [0.2, 0.25) is 0 Å². The van der Waals surface area contributed by atoms with E-state index in [4.69, 9.17) is 16.4 Å². The molecule has 0 unspecified atom stereocenters. The molecule has 16 heavy (non-hydrogen) atoms. The van der Waals surface area contributed by atoms with E-state index in [1.165, 1.54) is 0 Å². The molecule has 0 aromatic heterocycles. The van der Waals surface area contributed by atoms with Gasteiger partial charge in [-0.05, 0) is 26.0 Å². The van der Waals surface area contributed by atoms with E-state index >= 15 is 0 Å². The van der Waals surface area contributed by atoms with Crippen LogP contribution in [0.3, 0.4) is 0 Å². The zero-order chi connectivity index (χ0) is 12.1. The van der Waals surface area contributed by atoms with Crippen LogP contribution in [-0.2, 0) is 0 Å². The van der Waals surface area contributed by atoms with E-state index in [1.54, 1.807) is 12.1 Å².